The molecule has 2 rings (SSSR count). The summed E-state index contributed by atoms with van der Waals surface area (Å²) in [6.45, 7) is 8.09. The van der Waals surface area contributed by atoms with Crippen molar-refractivity contribution in [1.82, 2.24) is 9.13 Å². The molecule has 2 aromatic heterocycles. The molecule has 0 bridgehead atoms. The lowest BCUT2D eigenvalue weighted by atomic mass is 9.97. The first kappa shape index (κ1) is 20.1. The highest BCUT2D eigenvalue weighted by Crippen LogP contribution is 2.19. The van der Waals surface area contributed by atoms with E-state index in [0.29, 0.717) is 31.5 Å². The fourth-order valence-electron chi connectivity index (χ4n) is 3.20. The lowest BCUT2D eigenvalue weighted by Crippen LogP contribution is -2.26. The van der Waals surface area contributed by atoms with Crippen LogP contribution < -0.4 is 11.1 Å². The first-order chi connectivity index (χ1) is 12.3. The van der Waals surface area contributed by atoms with Gasteiger partial charge < -0.3 is 9.13 Å². The van der Waals surface area contributed by atoms with Crippen molar-refractivity contribution in [2.24, 2.45) is 0 Å². The van der Waals surface area contributed by atoms with Crippen LogP contribution in [0.5, 0.6) is 0 Å². The highest BCUT2D eigenvalue weighted by molar-refractivity contribution is 5.18. The predicted molar refractivity (Wildman–Crippen MR) is 98.7 cm³/mol. The van der Waals surface area contributed by atoms with E-state index in [1.807, 2.05) is 6.92 Å². The summed E-state index contributed by atoms with van der Waals surface area (Å²) < 4.78 is 30.4. The van der Waals surface area contributed by atoms with Crippen LogP contribution in [0.15, 0.2) is 34.1 Å². The van der Waals surface area contributed by atoms with Crippen LogP contribution >= 0.6 is 0 Å². The van der Waals surface area contributed by atoms with Crippen molar-refractivity contribution in [3.63, 3.8) is 0 Å². The van der Waals surface area contributed by atoms with E-state index in [2.05, 4.69) is 0 Å². The standard InChI is InChI=1S/C20H26F2N2O2/c1-5-23-12-15(21)11-16(19(23)25)14(4)7-6-9-24-10-8-17(22)18(13(2)3)20(24)26/h8,10-14H,5-7,9H2,1-4H3. The molecule has 2 heterocycles. The van der Waals surface area contributed by atoms with Gasteiger partial charge >= 0.3 is 0 Å². The van der Waals surface area contributed by atoms with Crippen molar-refractivity contribution in [2.45, 2.75) is 65.5 Å². The van der Waals surface area contributed by atoms with E-state index in [9.17, 15) is 18.4 Å². The second kappa shape index (κ2) is 8.43. The van der Waals surface area contributed by atoms with Crippen molar-refractivity contribution in [2.75, 3.05) is 0 Å². The van der Waals surface area contributed by atoms with Crippen LogP contribution in [0.25, 0.3) is 0 Å². The summed E-state index contributed by atoms with van der Waals surface area (Å²) in [5.74, 6) is -1.22. The van der Waals surface area contributed by atoms with E-state index in [1.54, 1.807) is 20.8 Å². The largest absolute Gasteiger partial charge is 0.315 e. The van der Waals surface area contributed by atoms with Gasteiger partial charge in [0.2, 0.25) is 0 Å². The maximum Gasteiger partial charge on any atom is 0.256 e. The van der Waals surface area contributed by atoms with Crippen LogP contribution in [-0.2, 0) is 13.1 Å². The molecule has 1 atom stereocenters. The van der Waals surface area contributed by atoms with Gasteiger partial charge in [-0.05, 0) is 43.7 Å². The van der Waals surface area contributed by atoms with Crippen LogP contribution in [0.4, 0.5) is 8.78 Å². The number of hydrogen-bond acceptors (Lipinski definition) is 2. The highest BCUT2D eigenvalue weighted by atomic mass is 19.1. The Bertz CT molecular complexity index is 884. The number of nitrogens with zero attached hydrogens (tertiary/aromatic N) is 2. The maximum atomic E-state index is 13.8. The lowest BCUT2D eigenvalue weighted by Gasteiger charge is -2.15. The second-order valence-corrected chi connectivity index (χ2v) is 6.98. The number of halogens is 2. The van der Waals surface area contributed by atoms with Crippen LogP contribution in [-0.4, -0.2) is 9.13 Å². The number of hydrogen-bond donors (Lipinski definition) is 0. The lowest BCUT2D eigenvalue weighted by molar-refractivity contribution is 0.521. The normalized spacial score (nSPS) is 12.6. The summed E-state index contributed by atoms with van der Waals surface area (Å²) in [7, 11) is 0. The molecule has 0 N–H and O–H groups in total. The van der Waals surface area contributed by atoms with E-state index in [1.165, 1.54) is 33.7 Å². The summed E-state index contributed by atoms with van der Waals surface area (Å²) in [5, 5.41) is 0. The van der Waals surface area contributed by atoms with Crippen LogP contribution in [0, 0.1) is 11.6 Å². The third-order valence-corrected chi connectivity index (χ3v) is 4.71. The van der Waals surface area contributed by atoms with E-state index in [0.717, 1.165) is 0 Å². The molecular formula is C20H26F2N2O2. The van der Waals surface area contributed by atoms with Gasteiger partial charge in [0.05, 0.1) is 5.56 Å². The molecule has 0 radical (unpaired) electrons. The fraction of sp³-hybridized carbons (Fsp3) is 0.500. The minimum atomic E-state index is -0.477. The van der Waals surface area contributed by atoms with E-state index >= 15 is 0 Å². The Labute approximate surface area is 152 Å². The molecule has 1 unspecified atom stereocenters. The Balaban J connectivity index is 2.12. The topological polar surface area (TPSA) is 44.0 Å². The maximum absolute atomic E-state index is 13.8. The van der Waals surface area contributed by atoms with Gasteiger partial charge in [-0.15, -0.1) is 0 Å². The van der Waals surface area contributed by atoms with Crippen molar-refractivity contribution in [1.29, 1.82) is 0 Å². The molecule has 0 saturated heterocycles. The minimum Gasteiger partial charge on any atom is -0.315 e. The quantitative estimate of drug-likeness (QED) is 0.745. The Hall–Kier alpha value is -2.24. The summed E-state index contributed by atoms with van der Waals surface area (Å²) in [6, 6.07) is 2.60. The molecule has 6 heteroatoms. The van der Waals surface area contributed by atoms with Gasteiger partial charge in [0.15, 0.2) is 0 Å². The molecule has 0 fully saturated rings. The molecule has 0 aliphatic rings. The Morgan fingerprint density at radius 3 is 2.38 bits per heavy atom. The van der Waals surface area contributed by atoms with Gasteiger partial charge in [-0.2, -0.15) is 0 Å². The number of aromatic nitrogens is 2. The smallest absolute Gasteiger partial charge is 0.256 e. The Kier molecular flexibility index (Phi) is 6.51. The molecule has 0 saturated carbocycles. The molecule has 0 aliphatic carbocycles. The van der Waals surface area contributed by atoms with E-state index < -0.39 is 11.6 Å². The zero-order valence-corrected chi connectivity index (χ0v) is 15.8. The number of rotatable bonds is 7. The van der Waals surface area contributed by atoms with Crippen molar-refractivity contribution in [3.05, 3.63) is 68.0 Å². The van der Waals surface area contributed by atoms with Gasteiger partial charge in [0.1, 0.15) is 11.6 Å². The van der Waals surface area contributed by atoms with Crippen LogP contribution in [0.2, 0.25) is 0 Å². The van der Waals surface area contributed by atoms with Gasteiger partial charge in [0.25, 0.3) is 11.1 Å². The molecule has 0 amide bonds. The van der Waals surface area contributed by atoms with Gasteiger partial charge in [-0.3, -0.25) is 9.59 Å². The zero-order chi connectivity index (χ0) is 19.4. The summed E-state index contributed by atoms with van der Waals surface area (Å²) in [5.41, 5.74) is 0.145. The minimum absolute atomic E-state index is 0.128. The average molecular weight is 364 g/mol. The fourth-order valence-corrected chi connectivity index (χ4v) is 3.20. The third kappa shape index (κ3) is 4.29. The van der Waals surface area contributed by atoms with Crippen molar-refractivity contribution >= 4 is 0 Å². The summed E-state index contributed by atoms with van der Waals surface area (Å²) in [4.78, 5) is 24.7. The second-order valence-electron chi connectivity index (χ2n) is 6.98. The SMILES string of the molecule is CCn1cc(F)cc(C(C)CCCn2ccc(F)c(C(C)C)c2=O)c1=O. The van der Waals surface area contributed by atoms with E-state index in [-0.39, 0.29) is 28.5 Å². The molecule has 0 aromatic carbocycles. The van der Waals surface area contributed by atoms with Gasteiger partial charge in [-0.25, -0.2) is 8.78 Å². The summed E-state index contributed by atoms with van der Waals surface area (Å²) in [6.07, 6.45) is 3.93. The monoisotopic (exact) mass is 364 g/mol. The Morgan fingerprint density at radius 1 is 1.08 bits per heavy atom. The molecule has 0 aliphatic heterocycles. The van der Waals surface area contributed by atoms with Crippen LogP contribution in [0.3, 0.4) is 0 Å². The van der Waals surface area contributed by atoms with Crippen molar-refractivity contribution in [3.8, 4) is 0 Å². The molecule has 4 nitrogen and oxygen atoms in total. The molecule has 142 valence electrons. The molecule has 26 heavy (non-hydrogen) atoms. The first-order valence-electron chi connectivity index (χ1n) is 9.05. The van der Waals surface area contributed by atoms with Crippen molar-refractivity contribution < 1.29 is 8.78 Å². The highest BCUT2D eigenvalue weighted by Gasteiger charge is 2.15. The number of aryl methyl sites for hydroxylation is 2. The average Bonchev–Trinajstić information content (AvgIpc) is 2.58. The van der Waals surface area contributed by atoms with Crippen LogP contribution in [0.1, 0.15) is 63.5 Å². The summed E-state index contributed by atoms with van der Waals surface area (Å²) >= 11 is 0. The third-order valence-electron chi connectivity index (χ3n) is 4.71. The van der Waals surface area contributed by atoms with Gasteiger partial charge in [0, 0.05) is 31.0 Å². The number of pyridine rings is 2. The van der Waals surface area contributed by atoms with Gasteiger partial charge in [-0.1, -0.05) is 20.8 Å². The van der Waals surface area contributed by atoms with E-state index in [4.69, 9.17) is 0 Å². The first-order valence-corrected chi connectivity index (χ1v) is 9.05. The molecular weight excluding hydrogens is 338 g/mol. The molecule has 0 spiro atoms. The molecule has 2 aromatic rings. The predicted octanol–water partition coefficient (Wildman–Crippen LogP) is 4.02. The zero-order valence-electron chi connectivity index (χ0n) is 15.8. The Morgan fingerprint density at radius 2 is 1.77 bits per heavy atom.